The van der Waals surface area contributed by atoms with Gasteiger partial charge in [-0.05, 0) is 24.7 Å². The van der Waals surface area contributed by atoms with Crippen LogP contribution in [0.15, 0.2) is 48.5 Å². The lowest BCUT2D eigenvalue weighted by Gasteiger charge is -2.42. The van der Waals surface area contributed by atoms with E-state index in [1.54, 1.807) is 0 Å². The third kappa shape index (κ3) is 2.85. The van der Waals surface area contributed by atoms with Crippen LogP contribution >= 0.6 is 11.6 Å². The van der Waals surface area contributed by atoms with Crippen molar-refractivity contribution in [3.05, 3.63) is 59.1 Å². The van der Waals surface area contributed by atoms with Gasteiger partial charge in [0.25, 0.3) is 0 Å². The molecule has 0 saturated carbocycles. The van der Waals surface area contributed by atoms with Gasteiger partial charge in [0.2, 0.25) is 0 Å². The average Bonchev–Trinajstić information content (AvgIpc) is 2.51. The number of piperazine rings is 1. The number of para-hydroxylation sites is 1. The van der Waals surface area contributed by atoms with Gasteiger partial charge in [0, 0.05) is 19.6 Å². The van der Waals surface area contributed by atoms with Crippen molar-refractivity contribution in [3.63, 3.8) is 0 Å². The van der Waals surface area contributed by atoms with Crippen LogP contribution in [-0.4, -0.2) is 31.6 Å². The minimum absolute atomic E-state index is 0.297. The van der Waals surface area contributed by atoms with Crippen LogP contribution in [0.1, 0.15) is 11.6 Å². The van der Waals surface area contributed by atoms with Crippen LogP contribution in [0.2, 0.25) is 5.02 Å². The van der Waals surface area contributed by atoms with Crippen LogP contribution in [0.3, 0.4) is 0 Å². The van der Waals surface area contributed by atoms with Crippen LogP contribution in [0.5, 0.6) is 0 Å². The molecule has 1 saturated heterocycles. The molecule has 2 aromatic carbocycles. The van der Waals surface area contributed by atoms with Gasteiger partial charge in [0.1, 0.15) is 0 Å². The summed E-state index contributed by atoms with van der Waals surface area (Å²) in [4.78, 5) is 4.73. The maximum atomic E-state index is 6.20. The fourth-order valence-corrected chi connectivity index (χ4v) is 3.11. The van der Waals surface area contributed by atoms with Gasteiger partial charge in [-0.2, -0.15) is 0 Å². The first kappa shape index (κ1) is 14.2. The molecule has 0 aliphatic carbocycles. The molecule has 1 atom stereocenters. The van der Waals surface area contributed by atoms with E-state index in [0.29, 0.717) is 16.8 Å². The van der Waals surface area contributed by atoms with E-state index in [2.05, 4.69) is 47.2 Å². The second-order valence-electron chi connectivity index (χ2n) is 5.55. The Labute approximate surface area is 130 Å². The molecule has 2 N–H and O–H groups in total. The van der Waals surface area contributed by atoms with E-state index in [-0.39, 0.29) is 0 Å². The van der Waals surface area contributed by atoms with Crippen LogP contribution in [0.25, 0.3) is 0 Å². The van der Waals surface area contributed by atoms with Gasteiger partial charge in [0.05, 0.1) is 22.4 Å². The molecule has 1 aliphatic heterocycles. The molecule has 2 aromatic rings. The molecule has 0 radical (unpaired) electrons. The van der Waals surface area contributed by atoms with E-state index in [4.69, 9.17) is 17.3 Å². The lowest BCUT2D eigenvalue weighted by molar-refractivity contribution is 0.269. The molecule has 3 nitrogen and oxygen atoms in total. The quantitative estimate of drug-likeness (QED) is 0.863. The summed E-state index contributed by atoms with van der Waals surface area (Å²) < 4.78 is 0. The summed E-state index contributed by atoms with van der Waals surface area (Å²) in [6.07, 6.45) is 0. The highest BCUT2D eigenvalue weighted by Crippen LogP contribution is 2.36. The monoisotopic (exact) mass is 301 g/mol. The number of nitrogens with two attached hydrogens (primary N) is 1. The molecule has 3 rings (SSSR count). The van der Waals surface area contributed by atoms with Crippen molar-refractivity contribution in [1.29, 1.82) is 0 Å². The third-order valence-corrected chi connectivity index (χ3v) is 4.44. The lowest BCUT2D eigenvalue weighted by atomic mass is 10.0. The lowest BCUT2D eigenvalue weighted by Crippen LogP contribution is -2.47. The Balaban J connectivity index is 2.00. The smallest absolute Gasteiger partial charge is 0.0741 e. The number of nitrogens with zero attached hydrogens (tertiary/aromatic N) is 2. The van der Waals surface area contributed by atoms with E-state index >= 15 is 0 Å². The van der Waals surface area contributed by atoms with Crippen molar-refractivity contribution in [2.24, 2.45) is 0 Å². The second kappa shape index (κ2) is 5.96. The largest absolute Gasteiger partial charge is 0.396 e. The Morgan fingerprint density at radius 3 is 2.57 bits per heavy atom. The van der Waals surface area contributed by atoms with Gasteiger partial charge in [-0.1, -0.05) is 48.0 Å². The normalized spacial score (nSPS) is 19.7. The highest BCUT2D eigenvalue weighted by Gasteiger charge is 2.28. The van der Waals surface area contributed by atoms with E-state index in [1.807, 2.05) is 18.2 Å². The van der Waals surface area contributed by atoms with Gasteiger partial charge < -0.3 is 15.5 Å². The van der Waals surface area contributed by atoms with E-state index < -0.39 is 0 Å². The molecule has 0 aromatic heterocycles. The fraction of sp³-hybridized carbons (Fsp3) is 0.294. The Morgan fingerprint density at radius 2 is 1.81 bits per heavy atom. The Morgan fingerprint density at radius 1 is 1.05 bits per heavy atom. The SMILES string of the molecule is CN1CCN(c2cccc(Cl)c2N)C(c2ccccc2)C1. The maximum absolute atomic E-state index is 6.20. The molecule has 1 fully saturated rings. The van der Waals surface area contributed by atoms with Crippen molar-refractivity contribution in [1.82, 2.24) is 4.90 Å². The van der Waals surface area contributed by atoms with Gasteiger partial charge in [-0.25, -0.2) is 0 Å². The molecule has 0 spiro atoms. The average molecular weight is 302 g/mol. The van der Waals surface area contributed by atoms with E-state index in [1.165, 1.54) is 5.56 Å². The maximum Gasteiger partial charge on any atom is 0.0741 e. The fourth-order valence-electron chi connectivity index (χ4n) is 2.94. The van der Waals surface area contributed by atoms with Crippen LogP contribution in [0, 0.1) is 0 Å². The predicted octanol–water partition coefficient (Wildman–Crippen LogP) is 3.42. The first-order valence-corrected chi connectivity index (χ1v) is 7.58. The number of halogens is 1. The highest BCUT2D eigenvalue weighted by molar-refractivity contribution is 6.33. The first-order valence-electron chi connectivity index (χ1n) is 7.21. The van der Waals surface area contributed by atoms with Gasteiger partial charge in [-0.15, -0.1) is 0 Å². The zero-order chi connectivity index (χ0) is 14.8. The summed E-state index contributed by atoms with van der Waals surface area (Å²) in [5.74, 6) is 0. The molecule has 0 bridgehead atoms. The summed E-state index contributed by atoms with van der Waals surface area (Å²) in [6, 6.07) is 16.7. The molecule has 1 heterocycles. The summed E-state index contributed by atoms with van der Waals surface area (Å²) in [5.41, 5.74) is 9.21. The molecule has 21 heavy (non-hydrogen) atoms. The number of hydrogen-bond donors (Lipinski definition) is 1. The van der Waals surface area contributed by atoms with E-state index in [9.17, 15) is 0 Å². The van der Waals surface area contributed by atoms with Gasteiger partial charge >= 0.3 is 0 Å². The Bertz CT molecular complexity index is 615. The standard InChI is InChI=1S/C17H20ClN3/c1-20-10-11-21(15-9-5-8-14(18)17(15)19)16(12-20)13-6-3-2-4-7-13/h2-9,16H,10-12,19H2,1H3. The highest BCUT2D eigenvalue weighted by atomic mass is 35.5. The minimum Gasteiger partial charge on any atom is -0.396 e. The predicted molar refractivity (Wildman–Crippen MR) is 89.9 cm³/mol. The Kier molecular flexibility index (Phi) is 4.04. The van der Waals surface area contributed by atoms with Crippen LogP contribution in [-0.2, 0) is 0 Å². The number of hydrogen-bond acceptors (Lipinski definition) is 3. The number of nitrogen functional groups attached to an aromatic ring is 1. The molecule has 1 unspecified atom stereocenters. The molecule has 110 valence electrons. The molecular weight excluding hydrogens is 282 g/mol. The summed E-state index contributed by atoms with van der Waals surface area (Å²) in [5, 5.41) is 0.623. The number of benzene rings is 2. The topological polar surface area (TPSA) is 32.5 Å². The number of likely N-dealkylation sites (N-methyl/N-ethyl adjacent to an activating group) is 1. The van der Waals surface area contributed by atoms with Crippen molar-refractivity contribution >= 4 is 23.0 Å². The molecule has 4 heteroatoms. The number of anilines is 2. The second-order valence-corrected chi connectivity index (χ2v) is 5.96. The van der Waals surface area contributed by atoms with Gasteiger partial charge in [0.15, 0.2) is 0 Å². The molecule has 0 amide bonds. The van der Waals surface area contributed by atoms with Crippen molar-refractivity contribution in [3.8, 4) is 0 Å². The minimum atomic E-state index is 0.297. The first-order chi connectivity index (χ1) is 10.2. The molecule has 1 aliphatic rings. The molecular formula is C17H20ClN3. The summed E-state index contributed by atoms with van der Waals surface area (Å²) in [7, 11) is 2.16. The van der Waals surface area contributed by atoms with Crippen LogP contribution in [0.4, 0.5) is 11.4 Å². The van der Waals surface area contributed by atoms with E-state index in [0.717, 1.165) is 25.3 Å². The van der Waals surface area contributed by atoms with Crippen molar-refractivity contribution in [2.75, 3.05) is 37.3 Å². The zero-order valence-corrected chi connectivity index (χ0v) is 12.9. The number of rotatable bonds is 2. The summed E-state index contributed by atoms with van der Waals surface area (Å²) in [6.45, 7) is 2.95. The van der Waals surface area contributed by atoms with Crippen molar-refractivity contribution in [2.45, 2.75) is 6.04 Å². The zero-order valence-electron chi connectivity index (χ0n) is 12.2. The third-order valence-electron chi connectivity index (χ3n) is 4.11. The summed E-state index contributed by atoms with van der Waals surface area (Å²) >= 11 is 6.19. The van der Waals surface area contributed by atoms with Gasteiger partial charge in [-0.3, -0.25) is 0 Å². The Hall–Kier alpha value is -1.71. The van der Waals surface area contributed by atoms with Crippen LogP contribution < -0.4 is 10.6 Å². The van der Waals surface area contributed by atoms with Crippen molar-refractivity contribution < 1.29 is 0 Å².